The van der Waals surface area contributed by atoms with Crippen LogP contribution in [0.2, 0.25) is 10.0 Å². The first-order valence-electron chi connectivity index (χ1n) is 5.75. The average Bonchev–Trinajstić information content (AvgIpc) is 2.61. The minimum Gasteiger partial charge on any atom is -0.244 e. The first-order valence-corrected chi connectivity index (χ1v) is 7.32. The third-order valence-corrected chi connectivity index (χ3v) is 3.85. The number of thiazole rings is 1. The Kier molecular flexibility index (Phi) is 4.00. The molecule has 1 nitrogen and oxygen atoms in total. The number of nitrogens with zero attached hydrogens (tertiary/aromatic N) is 1. The second-order valence-electron chi connectivity index (χ2n) is 5.53. The Morgan fingerprint density at radius 3 is 2.28 bits per heavy atom. The zero-order valence-corrected chi connectivity index (χ0v) is 13.0. The van der Waals surface area contributed by atoms with Crippen molar-refractivity contribution in [2.45, 2.75) is 27.2 Å². The van der Waals surface area contributed by atoms with Gasteiger partial charge in [0.15, 0.2) is 0 Å². The molecule has 2 rings (SSSR count). The molecule has 0 bridgehead atoms. The van der Waals surface area contributed by atoms with Crippen molar-refractivity contribution in [2.75, 3.05) is 0 Å². The molecule has 2 aromatic rings. The standard InChI is InChI=1S/C14H15Cl2NS/c1-14(2,3)7-12-8-17-13(18-12)9-4-10(15)6-11(16)5-9/h4-6,8H,7H2,1-3H3. The summed E-state index contributed by atoms with van der Waals surface area (Å²) in [6.07, 6.45) is 2.97. The normalized spacial score (nSPS) is 11.8. The Hall–Kier alpha value is -0.570. The van der Waals surface area contributed by atoms with Crippen LogP contribution in [0.5, 0.6) is 0 Å². The van der Waals surface area contributed by atoms with E-state index in [4.69, 9.17) is 23.2 Å². The molecule has 0 saturated carbocycles. The highest BCUT2D eigenvalue weighted by Crippen LogP contribution is 2.32. The van der Waals surface area contributed by atoms with Gasteiger partial charge < -0.3 is 0 Å². The molecular weight excluding hydrogens is 285 g/mol. The Bertz CT molecular complexity index is 535. The molecule has 0 spiro atoms. The molecule has 0 fully saturated rings. The van der Waals surface area contributed by atoms with E-state index in [9.17, 15) is 0 Å². The molecule has 0 amide bonds. The second kappa shape index (κ2) is 5.20. The van der Waals surface area contributed by atoms with Crippen LogP contribution in [0.15, 0.2) is 24.4 Å². The highest BCUT2D eigenvalue weighted by Gasteiger charge is 2.14. The molecule has 1 aromatic heterocycles. The summed E-state index contributed by atoms with van der Waals surface area (Å²) in [6, 6.07) is 5.52. The molecule has 0 N–H and O–H groups in total. The summed E-state index contributed by atoms with van der Waals surface area (Å²) in [6.45, 7) is 6.67. The summed E-state index contributed by atoms with van der Waals surface area (Å²) in [7, 11) is 0. The summed E-state index contributed by atoms with van der Waals surface area (Å²) in [4.78, 5) is 5.74. The molecule has 1 heterocycles. The van der Waals surface area contributed by atoms with Crippen molar-refractivity contribution in [3.05, 3.63) is 39.3 Å². The molecule has 1 aromatic carbocycles. The van der Waals surface area contributed by atoms with Gasteiger partial charge in [-0.3, -0.25) is 0 Å². The Morgan fingerprint density at radius 1 is 1.11 bits per heavy atom. The molecule has 4 heteroatoms. The van der Waals surface area contributed by atoms with Crippen LogP contribution >= 0.6 is 34.5 Å². The van der Waals surface area contributed by atoms with Crippen LogP contribution < -0.4 is 0 Å². The van der Waals surface area contributed by atoms with Gasteiger partial charge in [-0.25, -0.2) is 4.98 Å². The van der Waals surface area contributed by atoms with E-state index in [0.717, 1.165) is 17.0 Å². The van der Waals surface area contributed by atoms with Gasteiger partial charge in [0.1, 0.15) is 5.01 Å². The number of halogens is 2. The number of rotatable bonds is 2. The van der Waals surface area contributed by atoms with E-state index >= 15 is 0 Å². The molecule has 0 radical (unpaired) electrons. The van der Waals surface area contributed by atoms with Gasteiger partial charge in [-0.05, 0) is 30.0 Å². The lowest BCUT2D eigenvalue weighted by Gasteiger charge is -2.15. The predicted octanol–water partition coefficient (Wildman–Crippen LogP) is 5.71. The number of hydrogen-bond donors (Lipinski definition) is 0. The van der Waals surface area contributed by atoms with Gasteiger partial charge >= 0.3 is 0 Å². The molecule has 0 aliphatic heterocycles. The van der Waals surface area contributed by atoms with Crippen LogP contribution in [0.4, 0.5) is 0 Å². The highest BCUT2D eigenvalue weighted by molar-refractivity contribution is 7.15. The largest absolute Gasteiger partial charge is 0.244 e. The third kappa shape index (κ3) is 3.71. The summed E-state index contributed by atoms with van der Waals surface area (Å²) in [5.41, 5.74) is 1.26. The number of benzene rings is 1. The molecule has 96 valence electrons. The van der Waals surface area contributed by atoms with E-state index in [2.05, 4.69) is 25.8 Å². The summed E-state index contributed by atoms with van der Waals surface area (Å²) in [5, 5.41) is 2.26. The Morgan fingerprint density at radius 2 is 1.72 bits per heavy atom. The first-order chi connectivity index (χ1) is 8.33. The number of hydrogen-bond acceptors (Lipinski definition) is 2. The van der Waals surface area contributed by atoms with Crippen molar-refractivity contribution < 1.29 is 0 Å². The fourth-order valence-electron chi connectivity index (χ4n) is 1.72. The Balaban J connectivity index is 2.29. The fraction of sp³-hybridized carbons (Fsp3) is 0.357. The quantitative estimate of drug-likeness (QED) is 0.692. The van der Waals surface area contributed by atoms with Crippen molar-refractivity contribution in [2.24, 2.45) is 5.41 Å². The topological polar surface area (TPSA) is 12.9 Å². The van der Waals surface area contributed by atoms with Crippen molar-refractivity contribution in [3.63, 3.8) is 0 Å². The van der Waals surface area contributed by atoms with Gasteiger partial charge in [0, 0.05) is 26.7 Å². The van der Waals surface area contributed by atoms with Crippen LogP contribution in [0.1, 0.15) is 25.6 Å². The van der Waals surface area contributed by atoms with E-state index in [1.54, 1.807) is 17.4 Å². The van der Waals surface area contributed by atoms with Gasteiger partial charge in [-0.1, -0.05) is 44.0 Å². The van der Waals surface area contributed by atoms with Gasteiger partial charge in [-0.2, -0.15) is 0 Å². The van der Waals surface area contributed by atoms with E-state index < -0.39 is 0 Å². The summed E-state index contributed by atoms with van der Waals surface area (Å²) >= 11 is 13.7. The zero-order chi connectivity index (χ0) is 13.3. The van der Waals surface area contributed by atoms with E-state index in [1.165, 1.54) is 4.88 Å². The Labute approximate surface area is 122 Å². The van der Waals surface area contributed by atoms with Crippen LogP contribution in [-0.4, -0.2) is 4.98 Å². The molecule has 0 atom stereocenters. The van der Waals surface area contributed by atoms with Gasteiger partial charge in [-0.15, -0.1) is 11.3 Å². The van der Waals surface area contributed by atoms with Crippen molar-refractivity contribution in [3.8, 4) is 10.6 Å². The lowest BCUT2D eigenvalue weighted by Crippen LogP contribution is -2.07. The molecular formula is C14H15Cl2NS. The SMILES string of the molecule is CC(C)(C)Cc1cnc(-c2cc(Cl)cc(Cl)c2)s1. The third-order valence-electron chi connectivity index (χ3n) is 2.37. The van der Waals surface area contributed by atoms with Crippen molar-refractivity contribution in [1.29, 1.82) is 0 Å². The molecule has 0 aliphatic rings. The van der Waals surface area contributed by atoms with Crippen molar-refractivity contribution >= 4 is 34.5 Å². The molecule has 0 aliphatic carbocycles. The van der Waals surface area contributed by atoms with Gasteiger partial charge in [0.2, 0.25) is 0 Å². The van der Waals surface area contributed by atoms with Crippen LogP contribution in [-0.2, 0) is 6.42 Å². The predicted molar refractivity (Wildman–Crippen MR) is 80.7 cm³/mol. The van der Waals surface area contributed by atoms with Gasteiger partial charge in [0.05, 0.1) is 0 Å². The monoisotopic (exact) mass is 299 g/mol. The maximum atomic E-state index is 6.01. The number of aromatic nitrogens is 1. The van der Waals surface area contributed by atoms with E-state index in [-0.39, 0.29) is 5.41 Å². The average molecular weight is 300 g/mol. The van der Waals surface area contributed by atoms with Crippen LogP contribution in [0, 0.1) is 5.41 Å². The van der Waals surface area contributed by atoms with Crippen LogP contribution in [0.25, 0.3) is 10.6 Å². The van der Waals surface area contributed by atoms with E-state index in [1.807, 2.05) is 18.3 Å². The van der Waals surface area contributed by atoms with Crippen LogP contribution in [0.3, 0.4) is 0 Å². The summed E-state index contributed by atoms with van der Waals surface area (Å²) < 4.78 is 0. The second-order valence-corrected chi connectivity index (χ2v) is 7.52. The van der Waals surface area contributed by atoms with E-state index in [0.29, 0.717) is 10.0 Å². The maximum absolute atomic E-state index is 6.01. The minimum absolute atomic E-state index is 0.274. The fourth-order valence-corrected chi connectivity index (χ4v) is 3.45. The maximum Gasteiger partial charge on any atom is 0.123 e. The highest BCUT2D eigenvalue weighted by atomic mass is 35.5. The van der Waals surface area contributed by atoms with Crippen molar-refractivity contribution in [1.82, 2.24) is 4.98 Å². The van der Waals surface area contributed by atoms with Gasteiger partial charge in [0.25, 0.3) is 0 Å². The minimum atomic E-state index is 0.274. The molecule has 18 heavy (non-hydrogen) atoms. The summed E-state index contributed by atoms with van der Waals surface area (Å²) in [5.74, 6) is 0. The molecule has 0 saturated heterocycles. The smallest absolute Gasteiger partial charge is 0.123 e. The lowest BCUT2D eigenvalue weighted by molar-refractivity contribution is 0.414. The zero-order valence-electron chi connectivity index (χ0n) is 10.6. The molecule has 0 unspecified atom stereocenters. The first kappa shape index (κ1) is 13.9. The lowest BCUT2D eigenvalue weighted by atomic mass is 9.92.